The Morgan fingerprint density at radius 2 is 2.30 bits per heavy atom. The summed E-state index contributed by atoms with van der Waals surface area (Å²) in [7, 11) is 0. The molecule has 0 saturated carbocycles. The molecule has 1 unspecified atom stereocenters. The van der Waals surface area contributed by atoms with Gasteiger partial charge in [0, 0.05) is 0 Å². The second kappa shape index (κ2) is 2.59. The standard InChI is InChI=1S/C5H7NO3S/c1-10-3-2-4(7)6(9)5(3)8/h3,9H,2H2,1H3. The number of rotatable bonds is 1. The monoisotopic (exact) mass is 161 g/mol. The Bertz CT molecular complexity index is 182. The second-order valence-corrected chi connectivity index (χ2v) is 3.01. The molecule has 1 atom stereocenters. The second-order valence-electron chi connectivity index (χ2n) is 1.97. The lowest BCUT2D eigenvalue weighted by atomic mass is 10.4. The SMILES string of the molecule is CSC1CC(=O)N(O)C1=O. The zero-order chi connectivity index (χ0) is 7.72. The molecule has 2 amide bonds. The van der Waals surface area contributed by atoms with Crippen LogP contribution in [-0.2, 0) is 9.59 Å². The topological polar surface area (TPSA) is 57.6 Å². The van der Waals surface area contributed by atoms with Crippen molar-refractivity contribution in [1.29, 1.82) is 0 Å². The van der Waals surface area contributed by atoms with Crippen molar-refractivity contribution in [3.05, 3.63) is 0 Å². The number of imide groups is 1. The molecule has 0 aromatic heterocycles. The molecule has 0 radical (unpaired) electrons. The van der Waals surface area contributed by atoms with E-state index in [1.807, 2.05) is 0 Å². The highest BCUT2D eigenvalue weighted by Gasteiger charge is 2.37. The third kappa shape index (κ3) is 1.02. The molecule has 0 aromatic carbocycles. The molecule has 1 aliphatic heterocycles. The molecule has 1 rings (SSSR count). The van der Waals surface area contributed by atoms with Crippen molar-refractivity contribution in [2.75, 3.05) is 6.26 Å². The van der Waals surface area contributed by atoms with Gasteiger partial charge in [0.2, 0.25) is 0 Å². The summed E-state index contributed by atoms with van der Waals surface area (Å²) in [5, 5.41) is 8.51. The summed E-state index contributed by atoms with van der Waals surface area (Å²) >= 11 is 1.28. The first-order valence-electron chi connectivity index (χ1n) is 2.75. The van der Waals surface area contributed by atoms with Gasteiger partial charge in [-0.05, 0) is 6.26 Å². The van der Waals surface area contributed by atoms with Gasteiger partial charge in [0.15, 0.2) is 0 Å². The zero-order valence-corrected chi connectivity index (χ0v) is 6.22. The van der Waals surface area contributed by atoms with Crippen LogP contribution in [0.25, 0.3) is 0 Å². The van der Waals surface area contributed by atoms with E-state index in [1.54, 1.807) is 6.26 Å². The molecule has 0 spiro atoms. The molecule has 10 heavy (non-hydrogen) atoms. The predicted octanol–water partition coefficient (Wildman–Crippen LogP) is -0.134. The van der Waals surface area contributed by atoms with E-state index in [4.69, 9.17) is 5.21 Å². The van der Waals surface area contributed by atoms with Gasteiger partial charge in [0.05, 0.1) is 11.7 Å². The molecule has 0 aliphatic carbocycles. The van der Waals surface area contributed by atoms with Crippen molar-refractivity contribution in [3.8, 4) is 0 Å². The van der Waals surface area contributed by atoms with E-state index < -0.39 is 11.8 Å². The number of nitrogens with zero attached hydrogens (tertiary/aromatic N) is 1. The zero-order valence-electron chi connectivity index (χ0n) is 5.40. The molecule has 56 valence electrons. The predicted molar refractivity (Wildman–Crippen MR) is 35.6 cm³/mol. The lowest BCUT2D eigenvalue weighted by Gasteiger charge is -2.02. The first-order valence-corrected chi connectivity index (χ1v) is 4.04. The molecule has 4 nitrogen and oxygen atoms in total. The van der Waals surface area contributed by atoms with Crippen LogP contribution < -0.4 is 0 Å². The molecule has 1 aliphatic rings. The van der Waals surface area contributed by atoms with E-state index in [-0.39, 0.29) is 16.7 Å². The Morgan fingerprint density at radius 3 is 2.50 bits per heavy atom. The van der Waals surface area contributed by atoms with E-state index in [0.29, 0.717) is 0 Å². The van der Waals surface area contributed by atoms with Gasteiger partial charge in [-0.15, -0.1) is 0 Å². The third-order valence-corrected chi connectivity index (χ3v) is 2.30. The van der Waals surface area contributed by atoms with Crippen LogP contribution in [0.2, 0.25) is 0 Å². The van der Waals surface area contributed by atoms with Crippen LogP contribution >= 0.6 is 11.8 Å². The summed E-state index contributed by atoms with van der Waals surface area (Å²) in [5.74, 6) is -1.01. The van der Waals surface area contributed by atoms with Crippen molar-refractivity contribution in [2.45, 2.75) is 11.7 Å². The van der Waals surface area contributed by atoms with E-state index >= 15 is 0 Å². The first kappa shape index (κ1) is 7.56. The van der Waals surface area contributed by atoms with Crippen molar-refractivity contribution >= 4 is 23.6 Å². The summed E-state index contributed by atoms with van der Waals surface area (Å²) in [6, 6.07) is 0. The molecule has 0 aromatic rings. The number of thioether (sulfide) groups is 1. The van der Waals surface area contributed by atoms with Gasteiger partial charge in [0.25, 0.3) is 11.8 Å². The maximum absolute atomic E-state index is 10.8. The Morgan fingerprint density at radius 1 is 1.70 bits per heavy atom. The van der Waals surface area contributed by atoms with Crippen molar-refractivity contribution < 1.29 is 14.8 Å². The molecule has 0 bridgehead atoms. The van der Waals surface area contributed by atoms with Crippen molar-refractivity contribution in [2.24, 2.45) is 0 Å². The van der Waals surface area contributed by atoms with Crippen LogP contribution in [0.4, 0.5) is 0 Å². The van der Waals surface area contributed by atoms with Crippen LogP contribution in [-0.4, -0.2) is 33.6 Å². The van der Waals surface area contributed by atoms with Crippen molar-refractivity contribution in [1.82, 2.24) is 5.06 Å². The lowest BCUT2D eigenvalue weighted by Crippen LogP contribution is -2.27. The summed E-state index contributed by atoms with van der Waals surface area (Å²) < 4.78 is 0. The van der Waals surface area contributed by atoms with Gasteiger partial charge in [0.1, 0.15) is 0 Å². The number of hydroxylamine groups is 2. The molecule has 1 fully saturated rings. The fourth-order valence-electron chi connectivity index (χ4n) is 0.776. The Hall–Kier alpha value is -0.550. The normalized spacial score (nSPS) is 26.2. The molecular formula is C5H7NO3S. The van der Waals surface area contributed by atoms with Gasteiger partial charge in [-0.25, -0.2) is 0 Å². The first-order chi connectivity index (χ1) is 4.66. The quantitative estimate of drug-likeness (QED) is 0.430. The summed E-state index contributed by atoms with van der Waals surface area (Å²) in [5.41, 5.74) is 0. The highest BCUT2D eigenvalue weighted by atomic mass is 32.2. The minimum atomic E-state index is -0.510. The van der Waals surface area contributed by atoms with Gasteiger partial charge >= 0.3 is 0 Å². The van der Waals surface area contributed by atoms with E-state index in [9.17, 15) is 9.59 Å². The fourth-order valence-corrected chi connectivity index (χ4v) is 1.39. The molecule has 5 heteroatoms. The Balaban J connectivity index is 2.71. The average Bonchev–Trinajstić information content (AvgIpc) is 2.17. The van der Waals surface area contributed by atoms with Gasteiger partial charge in [-0.1, -0.05) is 0 Å². The summed E-state index contributed by atoms with van der Waals surface area (Å²) in [6.45, 7) is 0. The molecule has 1 N–H and O–H groups in total. The number of carbonyl (C=O) groups is 2. The molecule has 1 heterocycles. The smallest absolute Gasteiger partial charge is 0.266 e. The number of hydrogen-bond donors (Lipinski definition) is 1. The highest BCUT2D eigenvalue weighted by Crippen LogP contribution is 2.20. The highest BCUT2D eigenvalue weighted by molar-refractivity contribution is 8.00. The third-order valence-electron chi connectivity index (χ3n) is 1.36. The Labute approximate surface area is 62.1 Å². The van der Waals surface area contributed by atoms with E-state index in [2.05, 4.69) is 0 Å². The van der Waals surface area contributed by atoms with Crippen LogP contribution in [0.1, 0.15) is 6.42 Å². The summed E-state index contributed by atoms with van der Waals surface area (Å²) in [4.78, 5) is 21.4. The average molecular weight is 161 g/mol. The van der Waals surface area contributed by atoms with Crippen molar-refractivity contribution in [3.63, 3.8) is 0 Å². The number of hydrogen-bond acceptors (Lipinski definition) is 4. The van der Waals surface area contributed by atoms with Gasteiger partial charge in [-0.2, -0.15) is 16.8 Å². The summed E-state index contributed by atoms with van der Waals surface area (Å²) in [6.07, 6.45) is 1.85. The van der Waals surface area contributed by atoms with E-state index in [0.717, 1.165) is 0 Å². The number of amides is 2. The van der Waals surface area contributed by atoms with Gasteiger partial charge in [-0.3, -0.25) is 14.8 Å². The maximum atomic E-state index is 10.8. The van der Waals surface area contributed by atoms with Crippen LogP contribution in [0, 0.1) is 0 Å². The van der Waals surface area contributed by atoms with Crippen LogP contribution in [0.5, 0.6) is 0 Å². The lowest BCUT2D eigenvalue weighted by molar-refractivity contribution is -0.170. The van der Waals surface area contributed by atoms with Crippen LogP contribution in [0.3, 0.4) is 0 Å². The largest absolute Gasteiger partial charge is 0.278 e. The fraction of sp³-hybridized carbons (Fsp3) is 0.600. The minimum absolute atomic E-state index is 0.122. The number of carbonyl (C=O) groups excluding carboxylic acids is 2. The maximum Gasteiger partial charge on any atom is 0.266 e. The molecular weight excluding hydrogens is 154 g/mol. The van der Waals surface area contributed by atoms with E-state index in [1.165, 1.54) is 11.8 Å². The van der Waals surface area contributed by atoms with Gasteiger partial charge < -0.3 is 0 Å². The minimum Gasteiger partial charge on any atom is -0.278 e. The Kier molecular flexibility index (Phi) is 1.96. The van der Waals surface area contributed by atoms with Crippen LogP contribution in [0.15, 0.2) is 0 Å². The molecule has 1 saturated heterocycles.